The maximum absolute atomic E-state index is 12.5. The molecular formula is C20H23N7O2. The van der Waals surface area contributed by atoms with Crippen LogP contribution >= 0.6 is 0 Å². The van der Waals surface area contributed by atoms with Crippen LogP contribution in [0.25, 0.3) is 22.6 Å². The van der Waals surface area contributed by atoms with Crippen molar-refractivity contribution in [2.45, 2.75) is 26.3 Å². The number of ether oxygens (including phenoxy) is 1. The summed E-state index contributed by atoms with van der Waals surface area (Å²) < 4.78 is 5.24. The van der Waals surface area contributed by atoms with Crippen LogP contribution in [0.5, 0.6) is 0 Å². The van der Waals surface area contributed by atoms with Gasteiger partial charge in [-0.3, -0.25) is 9.89 Å². The van der Waals surface area contributed by atoms with Crippen LogP contribution < -0.4 is 10.2 Å². The number of anilines is 2. The fourth-order valence-corrected chi connectivity index (χ4v) is 3.44. The predicted molar refractivity (Wildman–Crippen MR) is 110 cm³/mol. The largest absolute Gasteiger partial charge is 0.383 e. The number of aromatic amines is 1. The normalized spacial score (nSPS) is 15.2. The first-order valence-electron chi connectivity index (χ1n) is 9.33. The molecular weight excluding hydrogens is 370 g/mol. The third-order valence-electron chi connectivity index (χ3n) is 5.18. The van der Waals surface area contributed by atoms with Gasteiger partial charge in [0, 0.05) is 24.8 Å². The predicted octanol–water partition coefficient (Wildman–Crippen LogP) is 2.42. The summed E-state index contributed by atoms with van der Waals surface area (Å²) in [4.78, 5) is 28.0. The van der Waals surface area contributed by atoms with Crippen molar-refractivity contribution < 1.29 is 9.53 Å². The van der Waals surface area contributed by atoms with Gasteiger partial charge in [-0.25, -0.2) is 15.0 Å². The molecule has 1 aliphatic rings. The van der Waals surface area contributed by atoms with Crippen molar-refractivity contribution in [3.05, 3.63) is 36.3 Å². The van der Waals surface area contributed by atoms with E-state index in [4.69, 9.17) is 9.72 Å². The van der Waals surface area contributed by atoms with Gasteiger partial charge < -0.3 is 15.0 Å². The Labute approximate surface area is 168 Å². The Morgan fingerprint density at radius 1 is 1.24 bits per heavy atom. The number of benzene rings is 1. The Balaban J connectivity index is 1.75. The van der Waals surface area contributed by atoms with E-state index in [0.717, 1.165) is 22.4 Å². The molecule has 9 heteroatoms. The number of aryl methyl sites for hydroxylation is 1. The number of hydrogen-bond acceptors (Lipinski definition) is 7. The van der Waals surface area contributed by atoms with E-state index in [9.17, 15) is 4.79 Å². The summed E-state index contributed by atoms with van der Waals surface area (Å²) in [5.41, 5.74) is 2.93. The maximum Gasteiger partial charge on any atom is 0.250 e. The van der Waals surface area contributed by atoms with Crippen LogP contribution in [0.4, 0.5) is 11.6 Å². The van der Waals surface area contributed by atoms with Gasteiger partial charge in [0.15, 0.2) is 17.5 Å². The lowest BCUT2D eigenvalue weighted by molar-refractivity contribution is -0.120. The third-order valence-corrected chi connectivity index (χ3v) is 5.18. The van der Waals surface area contributed by atoms with Gasteiger partial charge in [0.05, 0.1) is 18.5 Å². The first-order chi connectivity index (χ1) is 13.9. The average Bonchev–Trinajstić information content (AvgIpc) is 3.23. The zero-order valence-corrected chi connectivity index (χ0v) is 16.9. The second-order valence-electron chi connectivity index (χ2n) is 7.45. The summed E-state index contributed by atoms with van der Waals surface area (Å²) in [5, 5.41) is 9.64. The minimum absolute atomic E-state index is 0.115. The molecule has 0 fully saturated rings. The fraction of sp³-hybridized carbons (Fsp3) is 0.350. The number of rotatable bonds is 5. The monoisotopic (exact) mass is 393 g/mol. The molecule has 3 aromatic rings. The van der Waals surface area contributed by atoms with E-state index in [-0.39, 0.29) is 5.91 Å². The highest BCUT2D eigenvalue weighted by Crippen LogP contribution is 2.36. The second-order valence-corrected chi connectivity index (χ2v) is 7.45. The molecule has 0 unspecified atom stereocenters. The van der Waals surface area contributed by atoms with E-state index >= 15 is 0 Å². The Bertz CT molecular complexity index is 1050. The van der Waals surface area contributed by atoms with Crippen LogP contribution in [-0.4, -0.2) is 56.9 Å². The SMILES string of the molecule is COCCN1c2nc(-c3ccc(-c4ncn[nH]4)cc3C)cnc2NC(=O)C1(C)C. The van der Waals surface area contributed by atoms with Crippen molar-refractivity contribution in [2.24, 2.45) is 0 Å². The first kappa shape index (κ1) is 19.0. The van der Waals surface area contributed by atoms with Gasteiger partial charge in [-0.05, 0) is 32.4 Å². The summed E-state index contributed by atoms with van der Waals surface area (Å²) in [6, 6.07) is 6.00. The highest BCUT2D eigenvalue weighted by atomic mass is 16.5. The molecule has 4 rings (SSSR count). The summed E-state index contributed by atoms with van der Waals surface area (Å²) in [5.74, 6) is 1.70. The highest BCUT2D eigenvalue weighted by Gasteiger charge is 2.41. The standard InChI is InChI=1S/C20H23N7O2/c1-12-9-13(16-22-11-23-26-16)5-6-14(12)15-10-21-17-18(24-15)27(7-8-29-4)20(2,3)19(28)25-17/h5-6,9-11H,7-8H2,1-4H3,(H,21,25,28)(H,22,23,26). The highest BCUT2D eigenvalue weighted by molar-refractivity contribution is 6.04. The molecule has 0 aliphatic carbocycles. The summed E-state index contributed by atoms with van der Waals surface area (Å²) >= 11 is 0. The topological polar surface area (TPSA) is 109 Å². The Morgan fingerprint density at radius 2 is 2.07 bits per heavy atom. The minimum Gasteiger partial charge on any atom is -0.383 e. The van der Waals surface area contributed by atoms with Crippen molar-refractivity contribution >= 4 is 17.5 Å². The van der Waals surface area contributed by atoms with E-state index in [0.29, 0.717) is 30.6 Å². The van der Waals surface area contributed by atoms with Crippen molar-refractivity contribution in [2.75, 3.05) is 30.5 Å². The number of methoxy groups -OCH3 is 1. The van der Waals surface area contributed by atoms with Crippen molar-refractivity contribution in [3.63, 3.8) is 0 Å². The van der Waals surface area contributed by atoms with Crippen molar-refractivity contribution in [3.8, 4) is 22.6 Å². The number of nitrogens with one attached hydrogen (secondary N) is 2. The zero-order valence-electron chi connectivity index (χ0n) is 16.9. The molecule has 150 valence electrons. The molecule has 3 heterocycles. The molecule has 0 spiro atoms. The zero-order chi connectivity index (χ0) is 20.6. The van der Waals surface area contributed by atoms with Gasteiger partial charge in [-0.15, -0.1) is 0 Å². The van der Waals surface area contributed by atoms with E-state index in [2.05, 4.69) is 25.5 Å². The maximum atomic E-state index is 12.5. The van der Waals surface area contributed by atoms with Gasteiger partial charge in [0.1, 0.15) is 11.9 Å². The molecule has 1 aliphatic heterocycles. The summed E-state index contributed by atoms with van der Waals surface area (Å²) in [6.45, 7) is 6.77. The molecule has 0 saturated carbocycles. The van der Waals surface area contributed by atoms with Gasteiger partial charge in [-0.1, -0.05) is 12.1 Å². The Morgan fingerprint density at radius 3 is 2.76 bits per heavy atom. The Kier molecular flexibility index (Phi) is 4.75. The number of amides is 1. The molecule has 0 atom stereocenters. The van der Waals surface area contributed by atoms with E-state index in [1.54, 1.807) is 13.3 Å². The number of H-pyrrole nitrogens is 1. The number of nitrogens with zero attached hydrogens (tertiary/aromatic N) is 5. The molecule has 2 N–H and O–H groups in total. The van der Waals surface area contributed by atoms with Gasteiger partial charge in [0.25, 0.3) is 5.91 Å². The van der Waals surface area contributed by atoms with E-state index in [1.807, 2.05) is 43.9 Å². The molecule has 2 aromatic heterocycles. The van der Waals surface area contributed by atoms with Crippen molar-refractivity contribution in [1.29, 1.82) is 0 Å². The van der Waals surface area contributed by atoms with Crippen LogP contribution in [0.1, 0.15) is 19.4 Å². The van der Waals surface area contributed by atoms with Gasteiger partial charge in [-0.2, -0.15) is 5.10 Å². The average molecular weight is 393 g/mol. The lowest BCUT2D eigenvalue weighted by Gasteiger charge is -2.42. The second kappa shape index (κ2) is 7.25. The minimum atomic E-state index is -0.760. The summed E-state index contributed by atoms with van der Waals surface area (Å²) in [7, 11) is 1.64. The van der Waals surface area contributed by atoms with Crippen LogP contribution in [0, 0.1) is 6.92 Å². The molecule has 0 radical (unpaired) electrons. The summed E-state index contributed by atoms with van der Waals surface area (Å²) in [6.07, 6.45) is 3.17. The van der Waals surface area contributed by atoms with Crippen LogP contribution in [-0.2, 0) is 9.53 Å². The van der Waals surface area contributed by atoms with Crippen LogP contribution in [0.3, 0.4) is 0 Å². The quantitative estimate of drug-likeness (QED) is 0.685. The number of fused-ring (bicyclic) bond motifs is 1. The molecule has 29 heavy (non-hydrogen) atoms. The smallest absolute Gasteiger partial charge is 0.250 e. The molecule has 1 amide bonds. The van der Waals surface area contributed by atoms with E-state index in [1.165, 1.54) is 6.33 Å². The van der Waals surface area contributed by atoms with Gasteiger partial charge >= 0.3 is 0 Å². The number of aromatic nitrogens is 5. The molecule has 1 aromatic carbocycles. The third kappa shape index (κ3) is 3.33. The number of carbonyl (C=O) groups excluding carboxylic acids is 1. The Hall–Kier alpha value is -3.33. The number of hydrogen-bond donors (Lipinski definition) is 2. The van der Waals surface area contributed by atoms with Crippen molar-refractivity contribution in [1.82, 2.24) is 25.1 Å². The lowest BCUT2D eigenvalue weighted by atomic mass is 9.98. The van der Waals surface area contributed by atoms with Crippen LogP contribution in [0.2, 0.25) is 0 Å². The molecule has 9 nitrogen and oxygen atoms in total. The lowest BCUT2D eigenvalue weighted by Crippen LogP contribution is -2.57. The fourth-order valence-electron chi connectivity index (χ4n) is 3.44. The van der Waals surface area contributed by atoms with Gasteiger partial charge in [0.2, 0.25) is 0 Å². The first-order valence-corrected chi connectivity index (χ1v) is 9.33. The van der Waals surface area contributed by atoms with E-state index < -0.39 is 5.54 Å². The number of carbonyl (C=O) groups is 1. The molecule has 0 saturated heterocycles. The van der Waals surface area contributed by atoms with Crippen LogP contribution in [0.15, 0.2) is 30.7 Å². The molecule has 0 bridgehead atoms.